The average molecular weight is 761 g/mol. The van der Waals surface area contributed by atoms with E-state index < -0.39 is 29.1 Å². The number of carbonyl (C=O) groups is 2. The Morgan fingerprint density at radius 1 is 0.593 bits per heavy atom. The van der Waals surface area contributed by atoms with Crippen molar-refractivity contribution in [3.05, 3.63) is 95.1 Å². The van der Waals surface area contributed by atoms with Gasteiger partial charge in [0.2, 0.25) is 0 Å². The number of benzene rings is 3. The van der Waals surface area contributed by atoms with Crippen molar-refractivity contribution in [2.45, 2.75) is 150 Å². The van der Waals surface area contributed by atoms with Gasteiger partial charge in [-0.1, -0.05) is 90.1 Å². The van der Waals surface area contributed by atoms with Crippen molar-refractivity contribution in [1.82, 2.24) is 0 Å². The Labute approximate surface area is 321 Å². The number of aliphatic hydroxyl groups is 1. The Hall–Kier alpha value is -4.05. The lowest BCUT2D eigenvalue weighted by molar-refractivity contribution is -0.258. The Kier molecular flexibility index (Phi) is 18.8. The highest BCUT2D eigenvalue weighted by Gasteiger charge is 2.51. The van der Waals surface area contributed by atoms with E-state index in [2.05, 4.69) is 27.7 Å². The van der Waals surface area contributed by atoms with Crippen LogP contribution in [0.1, 0.15) is 149 Å². The molecule has 4 unspecified atom stereocenters. The molecule has 3 aromatic rings. The number of ether oxygens (including phenoxy) is 4. The maximum Gasteiger partial charge on any atom is 0.514 e. The molecule has 0 fully saturated rings. The normalized spacial score (nSPS) is 14.4. The van der Waals surface area contributed by atoms with Gasteiger partial charge in [0, 0.05) is 0 Å². The van der Waals surface area contributed by atoms with Crippen LogP contribution in [0.2, 0.25) is 0 Å². The number of rotatable bonds is 11. The van der Waals surface area contributed by atoms with Gasteiger partial charge in [-0.3, -0.25) is 0 Å². The fourth-order valence-corrected chi connectivity index (χ4v) is 4.64. The molecule has 0 aliphatic heterocycles. The van der Waals surface area contributed by atoms with Crippen molar-refractivity contribution in [2.75, 3.05) is 6.61 Å². The van der Waals surface area contributed by atoms with E-state index in [0.29, 0.717) is 29.3 Å². The highest BCUT2D eigenvalue weighted by molar-refractivity contribution is 5.71. The highest BCUT2D eigenvalue weighted by atomic mass is 19.4. The molecule has 0 amide bonds. The van der Waals surface area contributed by atoms with Gasteiger partial charge in [0.1, 0.15) is 22.7 Å². The second-order valence-electron chi connectivity index (χ2n) is 15.7. The summed E-state index contributed by atoms with van der Waals surface area (Å²) in [7, 11) is 0. The summed E-state index contributed by atoms with van der Waals surface area (Å²) in [5.74, 6) is 2.22. The molecule has 0 radical (unpaired) electrons. The molecule has 302 valence electrons. The minimum Gasteiger partial charge on any atom is -0.482 e. The topological polar surface area (TPSA) is 91.3 Å². The highest BCUT2D eigenvalue weighted by Crippen LogP contribution is 2.38. The van der Waals surface area contributed by atoms with Crippen LogP contribution in [0.25, 0.3) is 0 Å². The number of hydrogen-bond donors (Lipinski definition) is 1. The molecule has 0 saturated heterocycles. The molecule has 4 atom stereocenters. The molecule has 3 rings (SSSR count). The monoisotopic (exact) mass is 760 g/mol. The van der Waals surface area contributed by atoms with Crippen LogP contribution in [0.5, 0.6) is 11.5 Å². The first-order valence-corrected chi connectivity index (χ1v) is 18.7. The van der Waals surface area contributed by atoms with Crippen LogP contribution >= 0.6 is 0 Å². The molecule has 0 aliphatic rings. The Balaban J connectivity index is 0.000000406. The van der Waals surface area contributed by atoms with Crippen LogP contribution in [0.3, 0.4) is 0 Å². The molecular formula is C44H63F3O7. The lowest BCUT2D eigenvalue weighted by Crippen LogP contribution is -2.39. The third-order valence-electron chi connectivity index (χ3n) is 8.70. The second-order valence-corrected chi connectivity index (χ2v) is 15.7. The van der Waals surface area contributed by atoms with Gasteiger partial charge in [0.15, 0.2) is 12.2 Å². The zero-order valence-electron chi connectivity index (χ0n) is 34.5. The molecule has 0 saturated carbocycles. The summed E-state index contributed by atoms with van der Waals surface area (Å²) in [5.41, 5.74) is -0.414. The SMILES string of the molecule is CCC(C)c1ccc(C(C)(O)C(F)(F)F)cc1.CCC(C)c1ccc(OC(=O)OC(C)(C)C)cc1.CCC(C)c1ccc(OCC(=O)OC(C)(C)C)cc1. The number of carbonyl (C=O) groups excluding carboxylic acids is 2. The van der Waals surface area contributed by atoms with Crippen molar-refractivity contribution in [3.8, 4) is 11.5 Å². The molecule has 0 bridgehead atoms. The summed E-state index contributed by atoms with van der Waals surface area (Å²) in [6, 6.07) is 21.4. The Morgan fingerprint density at radius 2 is 0.944 bits per heavy atom. The predicted octanol–water partition coefficient (Wildman–Crippen LogP) is 12.4. The summed E-state index contributed by atoms with van der Waals surface area (Å²) >= 11 is 0. The molecule has 7 nitrogen and oxygen atoms in total. The maximum absolute atomic E-state index is 12.6. The summed E-state index contributed by atoms with van der Waals surface area (Å²) in [6.07, 6.45) is -2.21. The van der Waals surface area contributed by atoms with Crippen molar-refractivity contribution in [2.24, 2.45) is 0 Å². The average Bonchev–Trinajstić information content (AvgIpc) is 3.08. The third-order valence-corrected chi connectivity index (χ3v) is 8.70. The summed E-state index contributed by atoms with van der Waals surface area (Å²) < 4.78 is 58.5. The van der Waals surface area contributed by atoms with E-state index in [9.17, 15) is 27.9 Å². The molecule has 0 aromatic heterocycles. The van der Waals surface area contributed by atoms with Crippen molar-refractivity contribution in [3.63, 3.8) is 0 Å². The lowest BCUT2D eigenvalue weighted by atomic mass is 9.91. The molecule has 0 spiro atoms. The number of alkyl halides is 3. The molecular weight excluding hydrogens is 697 g/mol. The number of hydrogen-bond acceptors (Lipinski definition) is 7. The predicted molar refractivity (Wildman–Crippen MR) is 209 cm³/mol. The maximum atomic E-state index is 12.6. The zero-order valence-corrected chi connectivity index (χ0v) is 34.5. The van der Waals surface area contributed by atoms with Crippen LogP contribution in [0, 0.1) is 0 Å². The van der Waals surface area contributed by atoms with E-state index in [1.54, 1.807) is 45.0 Å². The van der Waals surface area contributed by atoms with Crippen molar-refractivity contribution >= 4 is 12.1 Å². The van der Waals surface area contributed by atoms with E-state index in [-0.39, 0.29) is 18.1 Å². The largest absolute Gasteiger partial charge is 0.514 e. The van der Waals surface area contributed by atoms with Crippen LogP contribution < -0.4 is 9.47 Å². The van der Waals surface area contributed by atoms with Crippen LogP contribution in [0.15, 0.2) is 72.8 Å². The van der Waals surface area contributed by atoms with Gasteiger partial charge in [-0.2, -0.15) is 13.2 Å². The summed E-state index contributed by atoms with van der Waals surface area (Å²) in [5, 5.41) is 9.48. The molecule has 54 heavy (non-hydrogen) atoms. The van der Waals surface area contributed by atoms with E-state index in [0.717, 1.165) is 31.7 Å². The minimum absolute atomic E-state index is 0.0556. The molecule has 0 heterocycles. The van der Waals surface area contributed by atoms with Gasteiger partial charge in [-0.15, -0.1) is 0 Å². The molecule has 10 heteroatoms. The molecule has 0 aliphatic carbocycles. The van der Waals surface area contributed by atoms with Crippen molar-refractivity contribution < 1.29 is 46.8 Å². The lowest BCUT2D eigenvalue weighted by Gasteiger charge is -2.27. The summed E-state index contributed by atoms with van der Waals surface area (Å²) in [4.78, 5) is 23.0. The van der Waals surface area contributed by atoms with Gasteiger partial charge in [-0.05, 0) is 132 Å². The Bertz CT molecular complexity index is 1530. The fraction of sp³-hybridized carbons (Fsp3) is 0.545. The molecule has 3 aromatic carbocycles. The standard InChI is InChI=1S/C16H24O3.C15H22O3.C13H17F3O/c1-6-12(2)13-7-9-14(10-8-13)18-11-15(17)19-16(3,4)5;1-6-11(2)12-7-9-13(10-8-12)17-14(16)18-15(3,4)5;1-4-9(2)10-5-7-11(8-6-10)12(3,17)13(14,15)16/h7-10,12H,6,11H2,1-5H3;7-11H,6H2,1-5H3;5-9,17H,4H2,1-3H3. The van der Waals surface area contributed by atoms with Gasteiger partial charge >= 0.3 is 18.3 Å². The van der Waals surface area contributed by atoms with Gasteiger partial charge in [0.05, 0.1) is 0 Å². The van der Waals surface area contributed by atoms with Gasteiger partial charge in [0.25, 0.3) is 0 Å². The Morgan fingerprint density at radius 3 is 1.28 bits per heavy atom. The second kappa shape index (κ2) is 21.1. The van der Waals surface area contributed by atoms with Crippen LogP contribution in [0.4, 0.5) is 18.0 Å². The summed E-state index contributed by atoms with van der Waals surface area (Å²) in [6.45, 7) is 24.4. The smallest absolute Gasteiger partial charge is 0.482 e. The van der Waals surface area contributed by atoms with Crippen LogP contribution in [-0.2, 0) is 19.9 Å². The quantitative estimate of drug-likeness (QED) is 0.154. The zero-order chi connectivity index (χ0) is 41.5. The van der Waals surface area contributed by atoms with E-state index >= 15 is 0 Å². The first-order valence-electron chi connectivity index (χ1n) is 18.7. The molecule has 1 N–H and O–H groups in total. The van der Waals surface area contributed by atoms with Gasteiger partial charge in [-0.25, -0.2) is 9.59 Å². The van der Waals surface area contributed by atoms with E-state index in [1.165, 1.54) is 23.3 Å². The van der Waals surface area contributed by atoms with Crippen LogP contribution in [-0.4, -0.2) is 41.2 Å². The third kappa shape index (κ3) is 17.4. The van der Waals surface area contributed by atoms with Crippen molar-refractivity contribution in [1.29, 1.82) is 0 Å². The number of esters is 1. The van der Waals surface area contributed by atoms with E-state index in [1.807, 2.05) is 71.0 Å². The minimum atomic E-state index is -4.66. The number of halogens is 3. The fourth-order valence-electron chi connectivity index (χ4n) is 4.64. The first kappa shape index (κ1) is 48.0. The van der Waals surface area contributed by atoms with E-state index in [4.69, 9.17) is 18.9 Å². The first-order chi connectivity index (χ1) is 24.8. The van der Waals surface area contributed by atoms with Gasteiger partial charge < -0.3 is 24.1 Å².